The van der Waals surface area contributed by atoms with Crippen LogP contribution in [0.3, 0.4) is 0 Å². The van der Waals surface area contributed by atoms with Gasteiger partial charge in [0, 0.05) is 17.2 Å². The molecule has 5 nitrogen and oxygen atoms in total. The van der Waals surface area contributed by atoms with E-state index in [1.54, 1.807) is 6.92 Å². The summed E-state index contributed by atoms with van der Waals surface area (Å²) in [5.74, 6) is -0.110. The lowest BCUT2D eigenvalue weighted by Gasteiger charge is -2.22. The van der Waals surface area contributed by atoms with E-state index in [0.29, 0.717) is 17.9 Å². The molecule has 1 unspecified atom stereocenters. The molecule has 1 N–H and O–H groups in total. The number of benzene rings is 2. The fraction of sp³-hybridized carbons (Fsp3) is 0.273. The number of aryl methyl sites for hydroxylation is 1. The fourth-order valence-electron chi connectivity index (χ4n) is 3.42. The number of hydrogen-bond acceptors (Lipinski definition) is 3. The molecule has 0 spiro atoms. The number of ether oxygens (including phenoxy) is 1. The number of nitrogens with one attached hydrogen (secondary N) is 1. The van der Waals surface area contributed by atoms with E-state index in [2.05, 4.69) is 4.98 Å². The van der Waals surface area contributed by atoms with Gasteiger partial charge in [0.05, 0.1) is 6.61 Å². The number of H-pyrrole nitrogens is 1. The highest BCUT2D eigenvalue weighted by Crippen LogP contribution is 2.27. The highest BCUT2D eigenvalue weighted by molar-refractivity contribution is 5.36. The maximum atomic E-state index is 12.5. The average molecular weight is 364 g/mol. The normalized spacial score (nSPS) is 12.1. The second-order valence-corrected chi connectivity index (χ2v) is 6.74. The molecule has 0 aliphatic carbocycles. The molecule has 0 bridgehead atoms. The zero-order chi connectivity index (χ0) is 19.4. The first-order valence-corrected chi connectivity index (χ1v) is 9.00. The van der Waals surface area contributed by atoms with Gasteiger partial charge >= 0.3 is 5.69 Å². The molecule has 0 saturated heterocycles. The van der Waals surface area contributed by atoms with Crippen LogP contribution in [-0.4, -0.2) is 9.55 Å². The predicted octanol–water partition coefficient (Wildman–Crippen LogP) is 3.48. The average Bonchev–Trinajstić information content (AvgIpc) is 2.66. The topological polar surface area (TPSA) is 64.1 Å². The van der Waals surface area contributed by atoms with Crippen LogP contribution in [0.5, 0.6) is 0 Å². The third-order valence-corrected chi connectivity index (χ3v) is 4.88. The van der Waals surface area contributed by atoms with E-state index in [9.17, 15) is 9.59 Å². The van der Waals surface area contributed by atoms with Crippen LogP contribution in [-0.2, 0) is 18.1 Å². The van der Waals surface area contributed by atoms with Crippen molar-refractivity contribution in [3.8, 4) is 0 Å². The predicted molar refractivity (Wildman–Crippen MR) is 106 cm³/mol. The summed E-state index contributed by atoms with van der Waals surface area (Å²) in [6.45, 7) is 6.26. The Bertz CT molecular complexity index is 1040. The van der Waals surface area contributed by atoms with E-state index >= 15 is 0 Å². The smallest absolute Gasteiger partial charge is 0.330 e. The maximum Gasteiger partial charge on any atom is 0.330 e. The summed E-state index contributed by atoms with van der Waals surface area (Å²) < 4.78 is 7.30. The lowest BCUT2D eigenvalue weighted by atomic mass is 9.91. The molecule has 5 heteroatoms. The summed E-state index contributed by atoms with van der Waals surface area (Å²) in [7, 11) is 0. The Kier molecular flexibility index (Phi) is 5.72. The number of nitrogens with zero attached hydrogens (tertiary/aromatic N) is 1. The number of aromatic nitrogens is 2. The van der Waals surface area contributed by atoms with Crippen LogP contribution in [0.1, 0.15) is 40.8 Å². The highest BCUT2D eigenvalue weighted by Gasteiger charge is 2.20. The van der Waals surface area contributed by atoms with Crippen molar-refractivity contribution in [2.24, 2.45) is 0 Å². The van der Waals surface area contributed by atoms with Crippen LogP contribution in [0.15, 0.2) is 64.2 Å². The minimum absolute atomic E-state index is 0.0803. The molecule has 1 atom stereocenters. The van der Waals surface area contributed by atoms with Gasteiger partial charge in [-0.1, -0.05) is 61.5 Å². The first-order valence-electron chi connectivity index (χ1n) is 9.00. The third-order valence-electron chi connectivity index (χ3n) is 4.88. The Morgan fingerprint density at radius 2 is 1.67 bits per heavy atom. The summed E-state index contributed by atoms with van der Waals surface area (Å²) in [4.78, 5) is 27.1. The molecular formula is C22H24N2O3. The van der Waals surface area contributed by atoms with Crippen LogP contribution in [0.2, 0.25) is 0 Å². The van der Waals surface area contributed by atoms with E-state index in [4.69, 9.17) is 4.74 Å². The molecule has 2 aromatic carbocycles. The van der Waals surface area contributed by atoms with Gasteiger partial charge in [0.25, 0.3) is 5.56 Å². The minimum Gasteiger partial charge on any atom is -0.356 e. The van der Waals surface area contributed by atoms with Gasteiger partial charge in [-0.25, -0.2) is 4.79 Å². The van der Waals surface area contributed by atoms with Crippen molar-refractivity contribution >= 4 is 0 Å². The van der Waals surface area contributed by atoms with E-state index in [0.717, 1.165) is 16.7 Å². The van der Waals surface area contributed by atoms with Crippen LogP contribution in [0.4, 0.5) is 0 Å². The van der Waals surface area contributed by atoms with Gasteiger partial charge in [0.1, 0.15) is 6.73 Å². The van der Waals surface area contributed by atoms with Gasteiger partial charge in [-0.3, -0.25) is 14.3 Å². The first-order chi connectivity index (χ1) is 13.0. The van der Waals surface area contributed by atoms with Gasteiger partial charge in [-0.15, -0.1) is 0 Å². The van der Waals surface area contributed by atoms with Crippen molar-refractivity contribution < 1.29 is 4.74 Å². The number of aromatic amines is 1. The summed E-state index contributed by atoms with van der Waals surface area (Å²) in [5, 5.41) is 0. The third kappa shape index (κ3) is 4.09. The van der Waals surface area contributed by atoms with Gasteiger partial charge in [0.2, 0.25) is 0 Å². The Morgan fingerprint density at radius 3 is 2.37 bits per heavy atom. The second kappa shape index (κ2) is 8.18. The molecule has 0 aliphatic rings. The Hall–Kier alpha value is -2.92. The molecule has 0 amide bonds. The maximum absolute atomic E-state index is 12.5. The lowest BCUT2D eigenvalue weighted by Crippen LogP contribution is -2.36. The number of hydrogen-bond donors (Lipinski definition) is 1. The molecule has 1 heterocycles. The van der Waals surface area contributed by atoms with Crippen molar-refractivity contribution in [3.63, 3.8) is 0 Å². The molecule has 140 valence electrons. The number of rotatable bonds is 6. The van der Waals surface area contributed by atoms with Gasteiger partial charge in [-0.2, -0.15) is 0 Å². The zero-order valence-corrected chi connectivity index (χ0v) is 15.9. The molecule has 0 fully saturated rings. The Labute approximate surface area is 158 Å². The van der Waals surface area contributed by atoms with Crippen LogP contribution in [0.25, 0.3) is 0 Å². The zero-order valence-electron chi connectivity index (χ0n) is 15.9. The first kappa shape index (κ1) is 18.9. The fourth-order valence-corrected chi connectivity index (χ4v) is 3.42. The molecule has 0 radical (unpaired) electrons. The molecule has 0 saturated carbocycles. The summed E-state index contributed by atoms with van der Waals surface area (Å²) in [6.07, 6.45) is 0. The molecule has 0 aliphatic heterocycles. The largest absolute Gasteiger partial charge is 0.356 e. The van der Waals surface area contributed by atoms with Crippen molar-refractivity contribution in [1.82, 2.24) is 9.55 Å². The van der Waals surface area contributed by atoms with Gasteiger partial charge in [0.15, 0.2) is 0 Å². The molecular weight excluding hydrogens is 340 g/mol. The SMILES string of the molecule is Cc1ccccc1C(C)c1c(C)c(=O)[nH]c(=O)n1COCc1ccccc1. The highest BCUT2D eigenvalue weighted by atomic mass is 16.5. The van der Waals surface area contributed by atoms with Crippen LogP contribution < -0.4 is 11.2 Å². The van der Waals surface area contributed by atoms with E-state index in [1.165, 1.54) is 4.57 Å². The summed E-state index contributed by atoms with van der Waals surface area (Å²) in [6, 6.07) is 17.8. The van der Waals surface area contributed by atoms with E-state index < -0.39 is 5.69 Å². The van der Waals surface area contributed by atoms with Crippen molar-refractivity contribution in [2.75, 3.05) is 0 Å². The quantitative estimate of drug-likeness (QED) is 0.728. The summed E-state index contributed by atoms with van der Waals surface area (Å²) >= 11 is 0. The molecule has 3 rings (SSSR count). The Morgan fingerprint density at radius 1 is 1.00 bits per heavy atom. The van der Waals surface area contributed by atoms with E-state index in [1.807, 2.05) is 68.4 Å². The van der Waals surface area contributed by atoms with E-state index in [-0.39, 0.29) is 18.2 Å². The standard InChI is InChI=1S/C22H24N2O3/c1-15-9-7-8-12-19(15)16(2)20-17(3)21(25)23-22(26)24(20)14-27-13-18-10-5-4-6-11-18/h4-12,16H,13-14H2,1-3H3,(H,23,25,26). The molecule has 1 aromatic heterocycles. The van der Waals surface area contributed by atoms with Crippen molar-refractivity contribution in [3.05, 3.63) is 103 Å². The van der Waals surface area contributed by atoms with Crippen molar-refractivity contribution in [1.29, 1.82) is 0 Å². The van der Waals surface area contributed by atoms with Crippen LogP contribution in [0, 0.1) is 13.8 Å². The monoisotopic (exact) mass is 364 g/mol. The second-order valence-electron chi connectivity index (χ2n) is 6.74. The van der Waals surface area contributed by atoms with Crippen molar-refractivity contribution in [2.45, 2.75) is 40.0 Å². The minimum atomic E-state index is -0.450. The van der Waals surface area contributed by atoms with Crippen LogP contribution >= 0.6 is 0 Å². The molecule has 27 heavy (non-hydrogen) atoms. The van der Waals surface area contributed by atoms with Gasteiger partial charge < -0.3 is 4.74 Å². The molecule has 3 aromatic rings. The summed E-state index contributed by atoms with van der Waals surface area (Å²) in [5.41, 5.74) is 3.65. The Balaban J connectivity index is 1.96. The lowest BCUT2D eigenvalue weighted by molar-refractivity contribution is 0.0584. The van der Waals surface area contributed by atoms with Gasteiger partial charge in [-0.05, 0) is 30.5 Å².